The van der Waals surface area contributed by atoms with Crippen molar-refractivity contribution in [1.82, 2.24) is 24.5 Å². The molecule has 1 aliphatic rings. The first kappa shape index (κ1) is 18.7. The van der Waals surface area contributed by atoms with Crippen LogP contribution in [0.4, 0.5) is 5.82 Å². The van der Waals surface area contributed by atoms with E-state index in [1.165, 1.54) is 19.4 Å². The number of hydrogen-bond donors (Lipinski definition) is 2. The molecule has 2 aromatic heterocycles. The van der Waals surface area contributed by atoms with Crippen molar-refractivity contribution >= 4 is 11.5 Å². The summed E-state index contributed by atoms with van der Waals surface area (Å²) in [6.07, 6.45) is 6.08. The van der Waals surface area contributed by atoms with Gasteiger partial charge in [-0.25, -0.2) is 4.98 Å². The first-order chi connectivity index (χ1) is 13.6. The predicted molar refractivity (Wildman–Crippen MR) is 111 cm³/mol. The van der Waals surface area contributed by atoms with Crippen molar-refractivity contribution in [2.24, 2.45) is 5.92 Å². The van der Waals surface area contributed by atoms with E-state index in [4.69, 9.17) is 0 Å². The SMILES string of the molecule is CCN1CCC[C@@H](CNc2nnc(-c3cc(C)c(C)cc3O)n3ccnc23)C1. The van der Waals surface area contributed by atoms with Crippen LogP contribution in [0.25, 0.3) is 17.0 Å². The van der Waals surface area contributed by atoms with Gasteiger partial charge in [-0.3, -0.25) is 4.40 Å². The van der Waals surface area contributed by atoms with Crippen molar-refractivity contribution in [2.75, 3.05) is 31.5 Å². The lowest BCUT2D eigenvalue weighted by Gasteiger charge is -2.31. The van der Waals surface area contributed by atoms with Gasteiger partial charge in [0.05, 0.1) is 5.56 Å². The number of benzene rings is 1. The predicted octanol–water partition coefficient (Wildman–Crippen LogP) is 3.26. The summed E-state index contributed by atoms with van der Waals surface area (Å²) in [7, 11) is 0. The largest absolute Gasteiger partial charge is 0.507 e. The van der Waals surface area contributed by atoms with Crippen LogP contribution in [0.2, 0.25) is 0 Å². The van der Waals surface area contributed by atoms with E-state index in [1.807, 2.05) is 30.5 Å². The second kappa shape index (κ2) is 7.75. The van der Waals surface area contributed by atoms with Crippen LogP contribution < -0.4 is 5.32 Å². The molecule has 4 rings (SSSR count). The van der Waals surface area contributed by atoms with Crippen LogP contribution in [0.3, 0.4) is 0 Å². The number of aromatic hydroxyl groups is 1. The third-order valence-electron chi connectivity index (χ3n) is 5.79. The van der Waals surface area contributed by atoms with Crippen molar-refractivity contribution in [3.8, 4) is 17.1 Å². The number of likely N-dealkylation sites (tertiary alicyclic amines) is 1. The molecule has 1 saturated heterocycles. The summed E-state index contributed by atoms with van der Waals surface area (Å²) < 4.78 is 1.89. The summed E-state index contributed by atoms with van der Waals surface area (Å²) in [5.41, 5.74) is 3.53. The van der Waals surface area contributed by atoms with Crippen LogP contribution in [-0.2, 0) is 0 Å². The average molecular weight is 380 g/mol. The van der Waals surface area contributed by atoms with Gasteiger partial charge in [-0.05, 0) is 69.0 Å². The summed E-state index contributed by atoms with van der Waals surface area (Å²) >= 11 is 0. The molecule has 1 aliphatic heterocycles. The summed E-state index contributed by atoms with van der Waals surface area (Å²) in [6.45, 7) is 10.5. The lowest BCUT2D eigenvalue weighted by molar-refractivity contribution is 0.189. The van der Waals surface area contributed by atoms with Crippen molar-refractivity contribution < 1.29 is 5.11 Å². The number of phenols is 1. The average Bonchev–Trinajstić information content (AvgIpc) is 3.19. The number of fused-ring (bicyclic) bond motifs is 1. The van der Waals surface area contributed by atoms with E-state index in [1.54, 1.807) is 12.3 Å². The van der Waals surface area contributed by atoms with E-state index < -0.39 is 0 Å². The van der Waals surface area contributed by atoms with E-state index in [0.29, 0.717) is 23.1 Å². The van der Waals surface area contributed by atoms with Crippen LogP contribution in [-0.4, -0.2) is 55.8 Å². The molecule has 7 heteroatoms. The summed E-state index contributed by atoms with van der Waals surface area (Å²) in [5.74, 6) is 2.09. The Kier molecular flexibility index (Phi) is 5.17. The molecule has 0 amide bonds. The molecule has 0 aliphatic carbocycles. The van der Waals surface area contributed by atoms with Crippen LogP contribution in [0.15, 0.2) is 24.5 Å². The van der Waals surface area contributed by atoms with Crippen LogP contribution in [0, 0.1) is 19.8 Å². The maximum Gasteiger partial charge on any atom is 0.192 e. The molecule has 0 unspecified atom stereocenters. The molecule has 3 heterocycles. The third kappa shape index (κ3) is 3.54. The maximum atomic E-state index is 10.4. The molecule has 2 N–H and O–H groups in total. The Bertz CT molecular complexity index is 982. The number of aromatic nitrogens is 4. The first-order valence-electron chi connectivity index (χ1n) is 10.0. The van der Waals surface area contributed by atoms with Crippen molar-refractivity contribution in [2.45, 2.75) is 33.6 Å². The molecule has 7 nitrogen and oxygen atoms in total. The number of phenolic OH excluding ortho intramolecular Hbond substituents is 1. The molecule has 0 bridgehead atoms. The number of rotatable bonds is 5. The zero-order chi connectivity index (χ0) is 19.7. The monoisotopic (exact) mass is 380 g/mol. The number of hydrogen-bond acceptors (Lipinski definition) is 6. The van der Waals surface area contributed by atoms with Crippen LogP contribution in [0.5, 0.6) is 5.75 Å². The number of nitrogens with zero attached hydrogens (tertiary/aromatic N) is 5. The van der Waals surface area contributed by atoms with Gasteiger partial charge >= 0.3 is 0 Å². The quantitative estimate of drug-likeness (QED) is 0.707. The second-order valence-electron chi connectivity index (χ2n) is 7.73. The highest BCUT2D eigenvalue weighted by Crippen LogP contribution is 2.31. The highest BCUT2D eigenvalue weighted by Gasteiger charge is 2.20. The Balaban J connectivity index is 1.60. The Labute approximate surface area is 165 Å². The van der Waals surface area contributed by atoms with E-state index >= 15 is 0 Å². The van der Waals surface area contributed by atoms with Gasteiger partial charge in [0.25, 0.3) is 0 Å². The minimum absolute atomic E-state index is 0.204. The van der Waals surface area contributed by atoms with Gasteiger partial charge in [0.1, 0.15) is 5.75 Å². The first-order valence-corrected chi connectivity index (χ1v) is 10.0. The van der Waals surface area contributed by atoms with E-state index in [2.05, 4.69) is 32.3 Å². The molecular formula is C21H28N6O. The number of aryl methyl sites for hydroxylation is 2. The van der Waals surface area contributed by atoms with Gasteiger partial charge in [-0.1, -0.05) is 6.92 Å². The minimum Gasteiger partial charge on any atom is -0.507 e. The van der Waals surface area contributed by atoms with E-state index in [-0.39, 0.29) is 5.75 Å². The zero-order valence-electron chi connectivity index (χ0n) is 16.8. The number of imidazole rings is 1. The second-order valence-corrected chi connectivity index (χ2v) is 7.73. The van der Waals surface area contributed by atoms with Gasteiger partial charge in [0.15, 0.2) is 17.3 Å². The number of nitrogens with one attached hydrogen (secondary N) is 1. The smallest absolute Gasteiger partial charge is 0.192 e. The maximum absolute atomic E-state index is 10.4. The Morgan fingerprint density at radius 3 is 2.86 bits per heavy atom. The fraction of sp³-hybridized carbons (Fsp3) is 0.476. The van der Waals surface area contributed by atoms with Gasteiger partial charge in [-0.2, -0.15) is 0 Å². The van der Waals surface area contributed by atoms with Gasteiger partial charge in [-0.15, -0.1) is 10.2 Å². The Morgan fingerprint density at radius 1 is 1.21 bits per heavy atom. The highest BCUT2D eigenvalue weighted by atomic mass is 16.3. The summed E-state index contributed by atoms with van der Waals surface area (Å²) in [4.78, 5) is 6.97. The van der Waals surface area contributed by atoms with Crippen LogP contribution >= 0.6 is 0 Å². The summed E-state index contributed by atoms with van der Waals surface area (Å²) in [6, 6.07) is 3.71. The standard InChI is InChI=1S/C21H28N6O/c1-4-26-8-5-6-16(13-26)12-23-19-21-22-7-9-27(21)20(25-24-19)17-10-14(2)15(3)11-18(17)28/h7,9-11,16,28H,4-6,8,12-13H2,1-3H3,(H,23,24)/t16-/m0/s1. The molecule has 3 aromatic rings. The number of anilines is 1. The molecule has 148 valence electrons. The lowest BCUT2D eigenvalue weighted by atomic mass is 9.98. The fourth-order valence-electron chi connectivity index (χ4n) is 3.96. The molecule has 1 fully saturated rings. The van der Waals surface area contributed by atoms with Gasteiger partial charge < -0.3 is 15.3 Å². The topological polar surface area (TPSA) is 78.6 Å². The van der Waals surface area contributed by atoms with Crippen molar-refractivity contribution in [3.05, 3.63) is 35.7 Å². The van der Waals surface area contributed by atoms with Crippen LogP contribution in [0.1, 0.15) is 30.9 Å². The van der Waals surface area contributed by atoms with Gasteiger partial charge in [0.2, 0.25) is 0 Å². The third-order valence-corrected chi connectivity index (χ3v) is 5.79. The molecule has 28 heavy (non-hydrogen) atoms. The zero-order valence-corrected chi connectivity index (χ0v) is 16.8. The normalized spacial score (nSPS) is 17.9. The molecule has 0 radical (unpaired) electrons. The fourth-order valence-corrected chi connectivity index (χ4v) is 3.96. The molecule has 1 atom stereocenters. The molecule has 0 spiro atoms. The lowest BCUT2D eigenvalue weighted by Crippen LogP contribution is -2.37. The summed E-state index contributed by atoms with van der Waals surface area (Å²) in [5, 5.41) is 22.7. The molecule has 1 aromatic carbocycles. The Morgan fingerprint density at radius 2 is 2.04 bits per heavy atom. The number of piperidine rings is 1. The van der Waals surface area contributed by atoms with Gasteiger partial charge in [0, 0.05) is 25.5 Å². The highest BCUT2D eigenvalue weighted by molar-refractivity contribution is 5.71. The Hall–Kier alpha value is -2.67. The van der Waals surface area contributed by atoms with Crippen molar-refractivity contribution in [3.63, 3.8) is 0 Å². The minimum atomic E-state index is 0.204. The molecular weight excluding hydrogens is 352 g/mol. The molecule has 0 saturated carbocycles. The van der Waals surface area contributed by atoms with E-state index in [0.717, 1.165) is 36.4 Å². The van der Waals surface area contributed by atoms with Crippen molar-refractivity contribution in [1.29, 1.82) is 0 Å². The van der Waals surface area contributed by atoms with E-state index in [9.17, 15) is 5.11 Å².